The summed E-state index contributed by atoms with van der Waals surface area (Å²) in [7, 11) is -3.27. The fourth-order valence-electron chi connectivity index (χ4n) is 1.39. The largest absolute Gasteiger partial charge is 0.453 e. The van der Waals surface area contributed by atoms with Crippen LogP contribution in [0.25, 0.3) is 0 Å². The van der Waals surface area contributed by atoms with E-state index in [2.05, 4.69) is 20.9 Å². The Hall–Kier alpha value is -0.820. The van der Waals surface area contributed by atoms with Gasteiger partial charge in [-0.15, -0.1) is 0 Å². The average molecular weight is 397 g/mol. The van der Waals surface area contributed by atoms with Gasteiger partial charge in [0.25, 0.3) is 0 Å². The van der Waals surface area contributed by atoms with Crippen molar-refractivity contribution in [3.05, 3.63) is 45.1 Å². The molecule has 1 heterocycles. The first-order valence-electron chi connectivity index (χ1n) is 5.27. The highest BCUT2D eigenvalue weighted by atomic mass is 79.9. The van der Waals surface area contributed by atoms with Crippen molar-refractivity contribution in [3.63, 3.8) is 0 Å². The third kappa shape index (κ3) is 3.63. The van der Waals surface area contributed by atoms with Gasteiger partial charge in [0.05, 0.1) is 9.37 Å². The van der Waals surface area contributed by atoms with Crippen LogP contribution < -0.4 is 4.74 Å². The van der Waals surface area contributed by atoms with E-state index in [1.165, 1.54) is 18.2 Å². The van der Waals surface area contributed by atoms with Gasteiger partial charge in [0.2, 0.25) is 0 Å². The minimum atomic E-state index is -3.27. The summed E-state index contributed by atoms with van der Waals surface area (Å²) in [6.45, 7) is 0. The second-order valence-corrected chi connectivity index (χ2v) is 7.50. The fraction of sp³-hybridized carbons (Fsp3) is 0.0833. The van der Waals surface area contributed by atoms with Crippen LogP contribution in [-0.2, 0) is 9.84 Å². The van der Waals surface area contributed by atoms with E-state index in [1.807, 2.05) is 0 Å². The van der Waals surface area contributed by atoms with E-state index in [4.69, 9.17) is 27.9 Å². The first-order valence-corrected chi connectivity index (χ1v) is 8.71. The lowest BCUT2D eigenvalue weighted by atomic mass is 10.3. The lowest BCUT2D eigenvalue weighted by Gasteiger charge is -2.10. The van der Waals surface area contributed by atoms with Crippen molar-refractivity contribution in [3.8, 4) is 11.5 Å². The molecule has 0 unspecified atom stereocenters. The minimum absolute atomic E-state index is 0.122. The summed E-state index contributed by atoms with van der Waals surface area (Å²) in [5, 5.41) is 0.380. The lowest BCUT2D eigenvalue weighted by molar-refractivity contribution is 0.477. The molecule has 0 saturated carbocycles. The maximum absolute atomic E-state index is 11.4. The molecule has 0 amide bonds. The molecule has 0 bridgehead atoms. The van der Waals surface area contributed by atoms with Crippen LogP contribution in [0.1, 0.15) is 0 Å². The Morgan fingerprint density at radius 1 is 1.15 bits per heavy atom. The number of ether oxygens (including phenoxy) is 1. The molecule has 1 aromatic heterocycles. The highest BCUT2D eigenvalue weighted by Crippen LogP contribution is 2.34. The Morgan fingerprint density at radius 2 is 1.80 bits per heavy atom. The second-order valence-electron chi connectivity index (χ2n) is 3.89. The van der Waals surface area contributed by atoms with E-state index in [1.54, 1.807) is 12.1 Å². The summed E-state index contributed by atoms with van der Waals surface area (Å²) in [6.07, 6.45) is 1.13. The molecule has 0 aliphatic carbocycles. The average Bonchev–Trinajstić information content (AvgIpc) is 2.33. The molecule has 2 aromatic rings. The predicted octanol–water partition coefficient (Wildman–Crippen LogP) is 4.35. The quantitative estimate of drug-likeness (QED) is 0.723. The molecule has 0 fully saturated rings. The van der Waals surface area contributed by atoms with E-state index in [9.17, 15) is 8.42 Å². The Labute approximate surface area is 134 Å². The molecule has 0 saturated heterocycles. The summed E-state index contributed by atoms with van der Waals surface area (Å²) in [5.74, 6) is 0.743. The van der Waals surface area contributed by atoms with E-state index in [0.717, 1.165) is 6.26 Å². The molecule has 1 aromatic carbocycles. The standard InChI is InChI=1S/C12H8BrCl2NO3S/c1-20(17,18)7-2-3-9(8(13)6-7)19-10-4-5-11(14)16-12(10)15/h2-6H,1H3. The Bertz CT molecular complexity index is 765. The number of sulfone groups is 1. The van der Waals surface area contributed by atoms with Gasteiger partial charge < -0.3 is 4.74 Å². The molecule has 2 rings (SSSR count). The fourth-order valence-corrected chi connectivity index (χ4v) is 3.03. The van der Waals surface area contributed by atoms with E-state index in [-0.39, 0.29) is 15.2 Å². The summed E-state index contributed by atoms with van der Waals surface area (Å²) in [6, 6.07) is 7.57. The van der Waals surface area contributed by atoms with Crippen LogP contribution in [0, 0.1) is 0 Å². The Morgan fingerprint density at radius 3 is 2.35 bits per heavy atom. The van der Waals surface area contributed by atoms with Crippen molar-refractivity contribution in [2.24, 2.45) is 0 Å². The molecule has 8 heteroatoms. The molecule has 0 spiro atoms. The first kappa shape index (κ1) is 15.6. The predicted molar refractivity (Wildman–Crippen MR) is 81.6 cm³/mol. The van der Waals surface area contributed by atoms with Crippen molar-refractivity contribution in [1.29, 1.82) is 0 Å². The van der Waals surface area contributed by atoms with Gasteiger partial charge in [-0.25, -0.2) is 13.4 Å². The van der Waals surface area contributed by atoms with Crippen molar-refractivity contribution >= 4 is 49.0 Å². The zero-order valence-corrected chi connectivity index (χ0v) is 14.0. The zero-order chi connectivity index (χ0) is 14.9. The van der Waals surface area contributed by atoms with Gasteiger partial charge in [-0.2, -0.15) is 0 Å². The number of halogens is 3. The van der Waals surface area contributed by atoms with Crippen LogP contribution in [-0.4, -0.2) is 19.7 Å². The number of nitrogens with zero attached hydrogens (tertiary/aromatic N) is 1. The molecular weight excluding hydrogens is 389 g/mol. The Kier molecular flexibility index (Phi) is 4.59. The number of benzene rings is 1. The van der Waals surface area contributed by atoms with Crippen LogP contribution >= 0.6 is 39.1 Å². The van der Waals surface area contributed by atoms with Gasteiger partial charge in [0.1, 0.15) is 10.9 Å². The van der Waals surface area contributed by atoms with Gasteiger partial charge in [-0.05, 0) is 46.3 Å². The third-order valence-electron chi connectivity index (χ3n) is 2.33. The molecule has 106 valence electrons. The van der Waals surface area contributed by atoms with Crippen molar-refractivity contribution in [2.45, 2.75) is 4.90 Å². The zero-order valence-electron chi connectivity index (χ0n) is 10.1. The molecule has 0 aliphatic rings. The second kappa shape index (κ2) is 5.89. The first-order chi connectivity index (χ1) is 9.27. The maximum atomic E-state index is 11.4. The number of pyridine rings is 1. The monoisotopic (exact) mass is 395 g/mol. The van der Waals surface area contributed by atoms with Gasteiger partial charge in [0, 0.05) is 6.26 Å². The highest BCUT2D eigenvalue weighted by molar-refractivity contribution is 9.10. The number of aromatic nitrogens is 1. The van der Waals surface area contributed by atoms with Crippen molar-refractivity contribution < 1.29 is 13.2 Å². The molecule has 0 N–H and O–H groups in total. The number of hydrogen-bond donors (Lipinski definition) is 0. The van der Waals surface area contributed by atoms with Crippen LogP contribution in [0.5, 0.6) is 11.5 Å². The van der Waals surface area contributed by atoms with Gasteiger partial charge in [-0.3, -0.25) is 0 Å². The van der Waals surface area contributed by atoms with Crippen LogP contribution in [0.2, 0.25) is 10.3 Å². The molecule has 20 heavy (non-hydrogen) atoms. The molecule has 0 atom stereocenters. The summed E-state index contributed by atoms with van der Waals surface area (Å²) in [5.41, 5.74) is 0. The molecule has 0 radical (unpaired) electrons. The molecule has 4 nitrogen and oxygen atoms in total. The van der Waals surface area contributed by atoms with Crippen LogP contribution in [0.15, 0.2) is 39.7 Å². The minimum Gasteiger partial charge on any atom is -0.453 e. The van der Waals surface area contributed by atoms with Crippen molar-refractivity contribution in [1.82, 2.24) is 4.98 Å². The van der Waals surface area contributed by atoms with E-state index < -0.39 is 9.84 Å². The summed E-state index contributed by atoms with van der Waals surface area (Å²) in [4.78, 5) is 4.04. The number of hydrogen-bond acceptors (Lipinski definition) is 4. The third-order valence-corrected chi connectivity index (χ3v) is 4.54. The number of rotatable bonds is 3. The van der Waals surface area contributed by atoms with Crippen LogP contribution in [0.3, 0.4) is 0 Å². The van der Waals surface area contributed by atoms with Gasteiger partial charge >= 0.3 is 0 Å². The van der Waals surface area contributed by atoms with E-state index in [0.29, 0.717) is 16.0 Å². The highest BCUT2D eigenvalue weighted by Gasteiger charge is 2.12. The van der Waals surface area contributed by atoms with Gasteiger partial charge in [0.15, 0.2) is 20.7 Å². The smallest absolute Gasteiger partial charge is 0.175 e. The molecule has 0 aliphatic heterocycles. The lowest BCUT2D eigenvalue weighted by Crippen LogP contribution is -1.97. The van der Waals surface area contributed by atoms with Crippen molar-refractivity contribution in [2.75, 3.05) is 6.26 Å². The molecular formula is C12H8BrCl2NO3S. The summed E-state index contributed by atoms with van der Waals surface area (Å²) < 4.78 is 28.9. The van der Waals surface area contributed by atoms with Gasteiger partial charge in [-0.1, -0.05) is 23.2 Å². The summed E-state index contributed by atoms with van der Waals surface area (Å²) >= 11 is 14.9. The Balaban J connectivity index is 2.35. The van der Waals surface area contributed by atoms with Crippen LogP contribution in [0.4, 0.5) is 0 Å². The van der Waals surface area contributed by atoms with E-state index >= 15 is 0 Å². The normalized spacial score (nSPS) is 11.4. The SMILES string of the molecule is CS(=O)(=O)c1ccc(Oc2ccc(Cl)nc2Cl)c(Br)c1. The maximum Gasteiger partial charge on any atom is 0.175 e. The topological polar surface area (TPSA) is 56.3 Å².